The zero-order valence-corrected chi connectivity index (χ0v) is 40.4. The number of aromatic nitrogens is 2. The fourth-order valence-electron chi connectivity index (χ4n) is 8.59. The average Bonchev–Trinajstić information content (AvgIpc) is 3.73. The Morgan fingerprint density at radius 1 is 0.859 bits per heavy atom. The molecule has 64 heavy (non-hydrogen) atoms. The van der Waals surface area contributed by atoms with Gasteiger partial charge < -0.3 is 24.8 Å². The van der Waals surface area contributed by atoms with E-state index < -0.39 is 5.41 Å². The van der Waals surface area contributed by atoms with E-state index in [1.54, 1.807) is 42.4 Å². The van der Waals surface area contributed by atoms with Gasteiger partial charge in [-0.2, -0.15) is 0 Å². The second kappa shape index (κ2) is 22.4. The number of ketones is 1. The number of carbonyl (C=O) groups is 3. The third-order valence-electron chi connectivity index (χ3n) is 12.4. The minimum Gasteiger partial charge on any atom is -0.489 e. The van der Waals surface area contributed by atoms with Gasteiger partial charge in [-0.15, -0.1) is 0 Å². The maximum absolute atomic E-state index is 14.3. The molecule has 0 radical (unpaired) electrons. The van der Waals surface area contributed by atoms with Crippen LogP contribution >= 0.6 is 58.0 Å². The van der Waals surface area contributed by atoms with Crippen molar-refractivity contribution in [3.63, 3.8) is 0 Å². The van der Waals surface area contributed by atoms with Crippen LogP contribution in [0.4, 0.5) is 4.79 Å². The van der Waals surface area contributed by atoms with Crippen LogP contribution in [-0.4, -0.2) is 94.9 Å². The lowest BCUT2D eigenvalue weighted by atomic mass is 9.80. The zero-order valence-electron chi connectivity index (χ0n) is 36.6. The lowest BCUT2D eigenvalue weighted by Gasteiger charge is -2.43. The maximum atomic E-state index is 14.3. The molecule has 7 rings (SSSR count). The fourth-order valence-corrected chi connectivity index (χ4v) is 9.81. The quantitative estimate of drug-likeness (QED) is 0.105. The highest BCUT2D eigenvalue weighted by Gasteiger charge is 2.62. The second-order valence-corrected chi connectivity index (χ2v) is 18.7. The molecule has 340 valence electrons. The Morgan fingerprint density at radius 2 is 1.52 bits per heavy atom. The van der Waals surface area contributed by atoms with E-state index >= 15 is 0 Å². The number of benzene rings is 4. The number of hydrogen-bond acceptors (Lipinski definition) is 7. The van der Waals surface area contributed by atoms with Gasteiger partial charge in [0, 0.05) is 56.2 Å². The highest BCUT2D eigenvalue weighted by atomic mass is 35.5. The molecule has 2 aliphatic rings. The first-order valence-corrected chi connectivity index (χ1v) is 23.4. The molecule has 5 aromatic rings. The van der Waals surface area contributed by atoms with E-state index in [1.807, 2.05) is 55.3 Å². The fraction of sp³-hybridized carbons (Fsp3) is 0.388. The van der Waals surface area contributed by atoms with Gasteiger partial charge in [-0.05, 0) is 86.4 Å². The zero-order chi connectivity index (χ0) is 46.0. The molecule has 4 aromatic carbocycles. The normalized spacial score (nSPS) is 18.3. The predicted molar refractivity (Wildman–Crippen MR) is 258 cm³/mol. The first-order valence-electron chi connectivity index (χ1n) is 21.5. The van der Waals surface area contributed by atoms with Crippen molar-refractivity contribution in [1.82, 2.24) is 29.6 Å². The van der Waals surface area contributed by atoms with Gasteiger partial charge in [-0.1, -0.05) is 132 Å². The Morgan fingerprint density at radius 3 is 2.11 bits per heavy atom. The number of halogens is 5. The van der Waals surface area contributed by atoms with Crippen LogP contribution in [0, 0.1) is 5.92 Å². The van der Waals surface area contributed by atoms with Crippen molar-refractivity contribution in [2.45, 2.75) is 63.5 Å². The van der Waals surface area contributed by atoms with E-state index in [0.717, 1.165) is 56.4 Å². The van der Waals surface area contributed by atoms with E-state index in [2.05, 4.69) is 58.5 Å². The molecule has 1 aliphatic heterocycles. The lowest BCUT2D eigenvalue weighted by Crippen LogP contribution is -2.52. The van der Waals surface area contributed by atoms with Gasteiger partial charge in [0.25, 0.3) is 0 Å². The van der Waals surface area contributed by atoms with E-state index in [1.165, 1.54) is 16.5 Å². The highest BCUT2D eigenvalue weighted by Crippen LogP contribution is 2.57. The van der Waals surface area contributed by atoms with E-state index in [-0.39, 0.29) is 41.8 Å². The van der Waals surface area contributed by atoms with Crippen molar-refractivity contribution in [3.05, 3.63) is 152 Å². The Kier molecular flexibility index (Phi) is 17.2. The van der Waals surface area contributed by atoms with E-state index in [9.17, 15) is 14.4 Å². The van der Waals surface area contributed by atoms with Crippen LogP contribution in [0.2, 0.25) is 25.1 Å². The summed E-state index contributed by atoms with van der Waals surface area (Å²) in [5.74, 6) is 0.798. The van der Waals surface area contributed by atoms with Gasteiger partial charge in [0.2, 0.25) is 5.91 Å². The largest absolute Gasteiger partial charge is 0.489 e. The monoisotopic (exact) mass is 966 g/mol. The molecule has 0 bridgehead atoms. The van der Waals surface area contributed by atoms with Crippen molar-refractivity contribution >= 4 is 75.7 Å². The minimum atomic E-state index is -0.632. The molecule has 0 spiro atoms. The van der Waals surface area contributed by atoms with Gasteiger partial charge in [-0.25, -0.2) is 9.78 Å². The lowest BCUT2D eigenvalue weighted by molar-refractivity contribution is -0.135. The van der Waals surface area contributed by atoms with Crippen molar-refractivity contribution in [1.29, 1.82) is 0 Å². The SMILES string of the molecule is CC(=O)CNC1(c2ccccc2)CCN(C[C@@H]2C[C@@]2(C(=O)N(C)[C@@H](C)c2ccccc2)c2ccc(Cl)c(Cl)c2)CC1.CCCN(CCOc1c(Cl)cc(Cl)cc1Cl)C(=O)n1ccnc1. The van der Waals surface area contributed by atoms with Crippen LogP contribution in [0.3, 0.4) is 0 Å². The summed E-state index contributed by atoms with van der Waals surface area (Å²) in [6, 6.07) is 29.2. The first kappa shape index (κ1) is 49.3. The first-order chi connectivity index (χ1) is 30.7. The molecule has 10 nitrogen and oxygen atoms in total. The molecule has 1 saturated heterocycles. The molecule has 2 fully saturated rings. The molecule has 15 heteroatoms. The van der Waals surface area contributed by atoms with Crippen molar-refractivity contribution in [3.8, 4) is 5.75 Å². The van der Waals surface area contributed by atoms with E-state index in [4.69, 9.17) is 62.7 Å². The van der Waals surface area contributed by atoms with Gasteiger partial charge in [0.15, 0.2) is 5.75 Å². The predicted octanol–water partition coefficient (Wildman–Crippen LogP) is 11.2. The number of amides is 2. The van der Waals surface area contributed by atoms with Gasteiger partial charge in [0.05, 0.1) is 44.6 Å². The summed E-state index contributed by atoms with van der Waals surface area (Å²) in [6.07, 6.45) is 8.05. The number of Topliss-reactive ketones (excluding diaryl/α,β-unsaturated/α-hetero) is 1. The van der Waals surface area contributed by atoms with Crippen LogP contribution in [0.15, 0.2) is 110 Å². The molecule has 0 unspecified atom stereocenters. The third-order valence-corrected chi connectivity index (χ3v) is 13.9. The number of imidazole rings is 1. The summed E-state index contributed by atoms with van der Waals surface area (Å²) in [7, 11) is 1.91. The van der Waals surface area contributed by atoms with Crippen LogP contribution in [-0.2, 0) is 20.5 Å². The topological polar surface area (TPSA) is 100 Å². The van der Waals surface area contributed by atoms with Crippen molar-refractivity contribution < 1.29 is 19.1 Å². The summed E-state index contributed by atoms with van der Waals surface area (Å²) in [5.41, 5.74) is 2.41. The second-order valence-electron chi connectivity index (χ2n) is 16.6. The van der Waals surface area contributed by atoms with E-state index in [0.29, 0.717) is 50.5 Å². The Labute approximate surface area is 401 Å². The van der Waals surface area contributed by atoms with Crippen molar-refractivity contribution in [2.75, 3.05) is 52.9 Å². The molecular weight excluding hydrogens is 914 g/mol. The van der Waals surface area contributed by atoms with Crippen LogP contribution < -0.4 is 10.1 Å². The molecule has 1 N–H and O–H groups in total. The molecule has 1 aromatic heterocycles. The summed E-state index contributed by atoms with van der Waals surface area (Å²) < 4.78 is 7.05. The Hall–Kier alpha value is -4.13. The number of hydrogen-bond donors (Lipinski definition) is 1. The smallest absolute Gasteiger partial charge is 0.329 e. The van der Waals surface area contributed by atoms with Crippen LogP contribution in [0.25, 0.3) is 0 Å². The number of likely N-dealkylation sites (N-methyl/N-ethyl adjacent to an activating group) is 1. The molecule has 1 aliphatic carbocycles. The number of carbonyl (C=O) groups excluding carboxylic acids is 3. The molecule has 3 atom stereocenters. The van der Waals surface area contributed by atoms with Gasteiger partial charge in [-0.3, -0.25) is 14.2 Å². The number of likely N-dealkylation sites (tertiary alicyclic amines) is 1. The minimum absolute atomic E-state index is 0.0570. The number of nitrogens with one attached hydrogen (secondary N) is 1. The summed E-state index contributed by atoms with van der Waals surface area (Å²) >= 11 is 30.7. The Bertz CT molecular complexity index is 2320. The third kappa shape index (κ3) is 11.8. The van der Waals surface area contributed by atoms with Crippen molar-refractivity contribution in [2.24, 2.45) is 5.92 Å². The summed E-state index contributed by atoms with van der Waals surface area (Å²) in [6.45, 7) is 9.95. The molecular formula is C49H55Cl5N6O4. The Balaban J connectivity index is 0.000000251. The molecule has 2 amide bonds. The number of rotatable bonds is 16. The number of ether oxygens (including phenoxy) is 1. The standard InChI is InChI=1S/C34H39Cl2N3O2.C15H16Cl3N3O2/c1-24(40)22-37-33(27-12-8-5-9-13-27)16-18-39(19-17-33)23-29-21-34(29,28-14-15-30(35)31(36)20-28)32(41)38(3)25(2)26-10-6-4-7-11-26;1-2-4-20(15(22)21-5-3-19-10-21)6-7-23-14-12(17)8-11(16)9-13(14)18/h4-15,20,25,29,37H,16-19,21-23H2,1-3H3;3,5,8-10H,2,4,6-7H2,1H3/t25-,29-,34+;/m0./s1. The highest BCUT2D eigenvalue weighted by molar-refractivity contribution is 6.42. The van der Waals surface area contributed by atoms with Crippen LogP contribution in [0.1, 0.15) is 69.2 Å². The van der Waals surface area contributed by atoms with Gasteiger partial charge in [0.1, 0.15) is 18.7 Å². The molecule has 2 heterocycles. The summed E-state index contributed by atoms with van der Waals surface area (Å²) in [5, 5.41) is 5.68. The van der Waals surface area contributed by atoms with Gasteiger partial charge >= 0.3 is 6.03 Å². The number of nitrogens with zero attached hydrogens (tertiary/aromatic N) is 5. The number of piperidine rings is 1. The molecule has 1 saturated carbocycles. The summed E-state index contributed by atoms with van der Waals surface area (Å²) in [4.78, 5) is 48.4. The average molecular weight is 969 g/mol. The van der Waals surface area contributed by atoms with Crippen LogP contribution in [0.5, 0.6) is 5.75 Å². The maximum Gasteiger partial charge on any atom is 0.329 e.